The second-order valence-corrected chi connectivity index (χ2v) is 6.33. The van der Waals surface area contributed by atoms with E-state index in [1.165, 1.54) is 0 Å². The molecule has 122 valence electrons. The fourth-order valence-electron chi connectivity index (χ4n) is 3.26. The van der Waals surface area contributed by atoms with Crippen molar-refractivity contribution < 1.29 is 9.53 Å². The van der Waals surface area contributed by atoms with E-state index in [0.717, 1.165) is 28.2 Å². The lowest BCUT2D eigenvalue weighted by Gasteiger charge is -2.11. The van der Waals surface area contributed by atoms with Crippen LogP contribution in [0.2, 0.25) is 0 Å². The Hall–Kier alpha value is -2.76. The van der Waals surface area contributed by atoms with Gasteiger partial charge in [-0.05, 0) is 32.4 Å². The lowest BCUT2D eigenvalue weighted by atomic mass is 9.95. The maximum absolute atomic E-state index is 12.4. The highest BCUT2D eigenvalue weighted by Gasteiger charge is 2.33. The maximum atomic E-state index is 12.4. The highest BCUT2D eigenvalue weighted by molar-refractivity contribution is 5.89. The molecule has 0 fully saturated rings. The molecule has 0 aliphatic carbocycles. The van der Waals surface area contributed by atoms with Crippen molar-refractivity contribution in [3.05, 3.63) is 58.8 Å². The van der Waals surface area contributed by atoms with Crippen LogP contribution in [0.25, 0.3) is 5.69 Å². The average molecular weight is 322 g/mol. The third-order valence-electron chi connectivity index (χ3n) is 4.37. The van der Waals surface area contributed by atoms with Gasteiger partial charge >= 0.3 is 5.97 Å². The molecule has 0 amide bonds. The van der Waals surface area contributed by atoms with E-state index in [-0.39, 0.29) is 18.1 Å². The number of benzene rings is 1. The number of nitrogens with zero attached hydrogens (tertiary/aromatic N) is 4. The number of carbonyl (C=O) groups is 1. The van der Waals surface area contributed by atoms with E-state index in [0.29, 0.717) is 12.1 Å². The Balaban J connectivity index is 1.90. The van der Waals surface area contributed by atoms with Crippen LogP contribution in [-0.4, -0.2) is 21.6 Å². The lowest BCUT2D eigenvalue weighted by Crippen LogP contribution is -2.15. The van der Waals surface area contributed by atoms with Gasteiger partial charge in [-0.1, -0.05) is 18.2 Å². The number of hydrogen-bond acceptors (Lipinski definition) is 5. The number of imidazole rings is 1. The Kier molecular flexibility index (Phi) is 3.33. The van der Waals surface area contributed by atoms with Crippen LogP contribution in [0.15, 0.2) is 52.1 Å². The number of aromatic nitrogens is 2. The molecule has 2 aromatic rings. The van der Waals surface area contributed by atoms with E-state index in [9.17, 15) is 4.79 Å². The molecule has 0 radical (unpaired) electrons. The standard InChI is InChI=1S/C18H18N4O2/c1-10(2)24-18(23)17-15-8-13-11(3)20-21-16(13)12-6-4-5-7-14(12)22(15)9-19-17/h4-7,9-10,16H,8H2,1-3H3. The molecular weight excluding hydrogens is 304 g/mol. The lowest BCUT2D eigenvalue weighted by molar-refractivity contribution is 0.0370. The van der Waals surface area contributed by atoms with Crippen molar-refractivity contribution >= 4 is 5.97 Å². The van der Waals surface area contributed by atoms with Crippen LogP contribution in [0.1, 0.15) is 48.6 Å². The summed E-state index contributed by atoms with van der Waals surface area (Å²) in [6.07, 6.45) is 2.10. The molecule has 24 heavy (non-hydrogen) atoms. The number of esters is 1. The van der Waals surface area contributed by atoms with Gasteiger partial charge in [0.15, 0.2) is 5.69 Å². The van der Waals surface area contributed by atoms with Crippen LogP contribution in [0.5, 0.6) is 0 Å². The minimum absolute atomic E-state index is 0.0879. The number of hydrogen-bond donors (Lipinski definition) is 0. The Morgan fingerprint density at radius 2 is 2.12 bits per heavy atom. The third kappa shape index (κ3) is 2.18. The molecule has 2 aliphatic rings. The van der Waals surface area contributed by atoms with Crippen LogP contribution < -0.4 is 0 Å². The zero-order chi connectivity index (χ0) is 16.8. The Bertz CT molecular complexity index is 892. The molecule has 1 aromatic carbocycles. The number of rotatable bonds is 2. The summed E-state index contributed by atoms with van der Waals surface area (Å²) in [4.78, 5) is 16.8. The summed E-state index contributed by atoms with van der Waals surface area (Å²) in [5.41, 5.74) is 5.28. The normalized spacial score (nSPS) is 18.2. The summed E-state index contributed by atoms with van der Waals surface area (Å²) >= 11 is 0. The SMILES string of the molecule is CC1=C2Cc3c(C(=O)OC(C)C)ncn3-c3ccccc3C2N=N1. The predicted octanol–water partition coefficient (Wildman–Crippen LogP) is 3.77. The number of carbonyl (C=O) groups excluding carboxylic acids is 1. The zero-order valence-electron chi connectivity index (χ0n) is 13.9. The largest absolute Gasteiger partial charge is 0.458 e. The van der Waals surface area contributed by atoms with Crippen molar-refractivity contribution in [2.24, 2.45) is 10.2 Å². The predicted molar refractivity (Wildman–Crippen MR) is 88.1 cm³/mol. The van der Waals surface area contributed by atoms with Crippen molar-refractivity contribution in [2.75, 3.05) is 0 Å². The number of para-hydroxylation sites is 1. The molecule has 0 spiro atoms. The highest BCUT2D eigenvalue weighted by Crippen LogP contribution is 2.42. The maximum Gasteiger partial charge on any atom is 0.359 e. The van der Waals surface area contributed by atoms with E-state index >= 15 is 0 Å². The summed E-state index contributed by atoms with van der Waals surface area (Å²) in [7, 11) is 0. The van der Waals surface area contributed by atoms with Crippen molar-refractivity contribution in [3.63, 3.8) is 0 Å². The van der Waals surface area contributed by atoms with E-state index in [1.54, 1.807) is 6.33 Å². The third-order valence-corrected chi connectivity index (χ3v) is 4.37. The molecule has 2 aliphatic heterocycles. The molecule has 1 aromatic heterocycles. The molecule has 6 nitrogen and oxygen atoms in total. The van der Waals surface area contributed by atoms with Crippen LogP contribution >= 0.6 is 0 Å². The molecular formula is C18H18N4O2. The van der Waals surface area contributed by atoms with Gasteiger partial charge < -0.3 is 9.30 Å². The summed E-state index contributed by atoms with van der Waals surface area (Å²) in [5, 5.41) is 8.69. The first kappa shape index (κ1) is 14.8. The fourth-order valence-corrected chi connectivity index (χ4v) is 3.26. The zero-order valence-corrected chi connectivity index (χ0v) is 13.9. The van der Waals surface area contributed by atoms with Gasteiger partial charge in [0.1, 0.15) is 12.4 Å². The van der Waals surface area contributed by atoms with E-state index in [2.05, 4.69) is 21.3 Å². The fraction of sp³-hybridized carbons (Fsp3) is 0.333. The first-order valence-electron chi connectivity index (χ1n) is 8.03. The van der Waals surface area contributed by atoms with Gasteiger partial charge in [0.2, 0.25) is 0 Å². The Morgan fingerprint density at radius 3 is 2.92 bits per heavy atom. The monoisotopic (exact) mass is 322 g/mol. The average Bonchev–Trinajstić information content (AvgIpc) is 3.09. The molecule has 0 saturated heterocycles. The Labute approximate surface area is 139 Å². The summed E-state index contributed by atoms with van der Waals surface area (Å²) in [6.45, 7) is 5.62. The van der Waals surface area contributed by atoms with Crippen molar-refractivity contribution in [3.8, 4) is 5.69 Å². The molecule has 6 heteroatoms. The van der Waals surface area contributed by atoms with Gasteiger partial charge in [-0.2, -0.15) is 10.2 Å². The van der Waals surface area contributed by atoms with E-state index in [4.69, 9.17) is 4.74 Å². The topological polar surface area (TPSA) is 68.8 Å². The smallest absolute Gasteiger partial charge is 0.359 e. The molecule has 1 atom stereocenters. The van der Waals surface area contributed by atoms with Gasteiger partial charge in [-0.15, -0.1) is 0 Å². The van der Waals surface area contributed by atoms with Gasteiger partial charge in [-0.3, -0.25) is 0 Å². The van der Waals surface area contributed by atoms with Gasteiger partial charge in [-0.25, -0.2) is 9.78 Å². The number of allylic oxidation sites excluding steroid dienone is 1. The first-order chi connectivity index (χ1) is 11.6. The van der Waals surface area contributed by atoms with Crippen LogP contribution in [0.4, 0.5) is 0 Å². The minimum Gasteiger partial charge on any atom is -0.458 e. The van der Waals surface area contributed by atoms with Crippen molar-refractivity contribution in [2.45, 2.75) is 39.3 Å². The summed E-state index contributed by atoms with van der Waals surface area (Å²) in [5.74, 6) is -0.389. The van der Waals surface area contributed by atoms with Crippen LogP contribution in [-0.2, 0) is 11.2 Å². The summed E-state index contributed by atoms with van der Waals surface area (Å²) < 4.78 is 7.32. The van der Waals surface area contributed by atoms with E-state index < -0.39 is 0 Å². The first-order valence-corrected chi connectivity index (χ1v) is 8.03. The Morgan fingerprint density at radius 1 is 1.33 bits per heavy atom. The second kappa shape index (κ2) is 5.40. The number of fused-ring (bicyclic) bond motifs is 5. The molecule has 0 N–H and O–H groups in total. The number of azo groups is 1. The van der Waals surface area contributed by atoms with Gasteiger partial charge in [0, 0.05) is 12.0 Å². The van der Waals surface area contributed by atoms with E-state index in [1.807, 2.05) is 43.5 Å². The van der Waals surface area contributed by atoms with Crippen LogP contribution in [0.3, 0.4) is 0 Å². The quantitative estimate of drug-likeness (QED) is 0.790. The molecule has 0 bridgehead atoms. The second-order valence-electron chi connectivity index (χ2n) is 6.33. The highest BCUT2D eigenvalue weighted by atomic mass is 16.5. The minimum atomic E-state index is -0.389. The molecule has 4 rings (SSSR count). The van der Waals surface area contributed by atoms with Gasteiger partial charge in [0.05, 0.1) is 23.2 Å². The van der Waals surface area contributed by atoms with Crippen molar-refractivity contribution in [1.82, 2.24) is 9.55 Å². The molecule has 3 heterocycles. The van der Waals surface area contributed by atoms with Crippen molar-refractivity contribution in [1.29, 1.82) is 0 Å². The molecule has 0 saturated carbocycles. The number of ether oxygens (including phenoxy) is 1. The van der Waals surface area contributed by atoms with Gasteiger partial charge in [0.25, 0.3) is 0 Å². The van der Waals surface area contributed by atoms with Crippen LogP contribution in [0, 0.1) is 0 Å². The molecule has 1 unspecified atom stereocenters. The summed E-state index contributed by atoms with van der Waals surface area (Å²) in [6, 6.07) is 7.95.